The van der Waals surface area contributed by atoms with Crippen LogP contribution in [0.1, 0.15) is 34.7 Å². The average molecular weight is 418 g/mol. The standard InChI is InChI=1S/C24H26N4O3/c1-16-2-3-19(23(29)25-20-8-9-20)14-21(16)17-4-6-18(7-5-17)24-27-26-22(31-24)15-28-10-12-30-13-11-28/h2-7,14,20H,8-13,15H2,1H3,(H,25,29). The van der Waals surface area contributed by atoms with E-state index in [2.05, 4.69) is 27.3 Å². The number of hydrogen-bond acceptors (Lipinski definition) is 6. The summed E-state index contributed by atoms with van der Waals surface area (Å²) in [5, 5.41) is 11.5. The molecule has 1 amide bonds. The first-order chi connectivity index (χ1) is 15.2. The summed E-state index contributed by atoms with van der Waals surface area (Å²) in [7, 11) is 0. The Hall–Kier alpha value is -3.03. The monoisotopic (exact) mass is 418 g/mol. The summed E-state index contributed by atoms with van der Waals surface area (Å²) in [5.74, 6) is 1.13. The number of ether oxygens (including phenoxy) is 1. The molecule has 2 heterocycles. The van der Waals surface area contributed by atoms with Crippen LogP contribution in [-0.2, 0) is 11.3 Å². The molecule has 0 unspecified atom stereocenters. The Labute approximate surface area is 181 Å². The number of aryl methyl sites for hydroxylation is 1. The highest BCUT2D eigenvalue weighted by Gasteiger charge is 2.24. The number of nitrogens with one attached hydrogen (secondary N) is 1. The number of amides is 1. The second kappa shape index (κ2) is 8.61. The molecule has 160 valence electrons. The maximum atomic E-state index is 12.4. The van der Waals surface area contributed by atoms with Gasteiger partial charge in [-0.1, -0.05) is 18.2 Å². The third kappa shape index (κ3) is 4.68. The molecule has 1 saturated heterocycles. The minimum atomic E-state index is -0.000900. The van der Waals surface area contributed by atoms with Crippen molar-refractivity contribution in [3.8, 4) is 22.6 Å². The van der Waals surface area contributed by atoms with Crippen molar-refractivity contribution in [1.82, 2.24) is 20.4 Å². The van der Waals surface area contributed by atoms with Gasteiger partial charge in [-0.25, -0.2) is 0 Å². The van der Waals surface area contributed by atoms with Crippen molar-refractivity contribution in [1.29, 1.82) is 0 Å². The quantitative estimate of drug-likeness (QED) is 0.661. The SMILES string of the molecule is Cc1ccc(C(=O)NC2CC2)cc1-c1ccc(-c2nnc(CN3CCOCC3)o2)cc1. The fourth-order valence-electron chi connectivity index (χ4n) is 3.75. The van der Waals surface area contributed by atoms with Gasteiger partial charge >= 0.3 is 0 Å². The summed E-state index contributed by atoms with van der Waals surface area (Å²) in [6, 6.07) is 14.2. The average Bonchev–Trinajstić information content (AvgIpc) is 3.49. The van der Waals surface area contributed by atoms with Crippen LogP contribution >= 0.6 is 0 Å². The lowest BCUT2D eigenvalue weighted by molar-refractivity contribution is 0.0306. The number of morpholine rings is 1. The van der Waals surface area contributed by atoms with Crippen molar-refractivity contribution in [3.05, 3.63) is 59.5 Å². The number of hydrogen-bond donors (Lipinski definition) is 1. The van der Waals surface area contributed by atoms with Crippen molar-refractivity contribution in [2.75, 3.05) is 26.3 Å². The molecule has 1 aromatic heterocycles. The molecule has 1 aliphatic heterocycles. The molecule has 0 atom stereocenters. The first kappa shape index (κ1) is 19.9. The number of carbonyl (C=O) groups is 1. The van der Waals surface area contributed by atoms with E-state index in [1.807, 2.05) is 42.5 Å². The van der Waals surface area contributed by atoms with Gasteiger partial charge in [0, 0.05) is 30.3 Å². The van der Waals surface area contributed by atoms with Crippen LogP contribution in [0.5, 0.6) is 0 Å². The molecule has 1 aliphatic carbocycles. The van der Waals surface area contributed by atoms with Crippen LogP contribution in [-0.4, -0.2) is 53.3 Å². The third-order valence-electron chi connectivity index (χ3n) is 5.78. The predicted octanol–water partition coefficient (Wildman–Crippen LogP) is 3.44. The maximum absolute atomic E-state index is 12.4. The second-order valence-electron chi connectivity index (χ2n) is 8.24. The second-order valence-corrected chi connectivity index (χ2v) is 8.24. The molecular formula is C24H26N4O3. The molecule has 2 aliphatic rings. The summed E-state index contributed by atoms with van der Waals surface area (Å²) < 4.78 is 11.3. The first-order valence-electron chi connectivity index (χ1n) is 10.8. The summed E-state index contributed by atoms with van der Waals surface area (Å²) in [4.78, 5) is 14.7. The van der Waals surface area contributed by atoms with E-state index in [1.165, 1.54) is 0 Å². The van der Waals surface area contributed by atoms with Crippen molar-refractivity contribution < 1.29 is 13.9 Å². The van der Waals surface area contributed by atoms with Crippen LogP contribution < -0.4 is 5.32 Å². The highest BCUT2D eigenvalue weighted by atomic mass is 16.5. The fourth-order valence-corrected chi connectivity index (χ4v) is 3.75. The molecule has 1 N–H and O–H groups in total. The van der Waals surface area contributed by atoms with Crippen LogP contribution in [0.3, 0.4) is 0 Å². The third-order valence-corrected chi connectivity index (χ3v) is 5.78. The number of aromatic nitrogens is 2. The molecular weight excluding hydrogens is 392 g/mol. The lowest BCUT2D eigenvalue weighted by atomic mass is 9.97. The molecule has 3 aromatic rings. The first-order valence-corrected chi connectivity index (χ1v) is 10.8. The zero-order chi connectivity index (χ0) is 21.2. The Kier molecular flexibility index (Phi) is 5.53. The smallest absolute Gasteiger partial charge is 0.251 e. The van der Waals surface area contributed by atoms with Gasteiger partial charge in [0.15, 0.2) is 0 Å². The van der Waals surface area contributed by atoms with Crippen molar-refractivity contribution in [2.24, 2.45) is 0 Å². The Morgan fingerprint density at radius 3 is 2.55 bits per heavy atom. The molecule has 7 nitrogen and oxygen atoms in total. The van der Waals surface area contributed by atoms with Crippen LogP contribution in [0.25, 0.3) is 22.6 Å². The van der Waals surface area contributed by atoms with Crippen molar-refractivity contribution in [3.63, 3.8) is 0 Å². The number of rotatable bonds is 6. The Morgan fingerprint density at radius 2 is 1.81 bits per heavy atom. The van der Waals surface area contributed by atoms with Crippen LogP contribution in [0.4, 0.5) is 0 Å². The van der Waals surface area contributed by atoms with Crippen molar-refractivity contribution in [2.45, 2.75) is 32.4 Å². The van der Waals surface area contributed by atoms with E-state index in [-0.39, 0.29) is 5.91 Å². The minimum Gasteiger partial charge on any atom is -0.419 e. The topological polar surface area (TPSA) is 80.5 Å². The molecule has 0 spiro atoms. The number of benzene rings is 2. The van der Waals surface area contributed by atoms with Gasteiger partial charge in [-0.2, -0.15) is 0 Å². The van der Waals surface area contributed by atoms with E-state index >= 15 is 0 Å². The summed E-state index contributed by atoms with van der Waals surface area (Å²) in [5.41, 5.74) is 4.80. The Bertz CT molecular complexity index is 1070. The van der Waals surface area contributed by atoms with E-state index in [0.29, 0.717) is 29.9 Å². The van der Waals surface area contributed by atoms with Gasteiger partial charge in [-0.15, -0.1) is 10.2 Å². The fraction of sp³-hybridized carbons (Fsp3) is 0.375. The van der Waals surface area contributed by atoms with Gasteiger partial charge in [0.1, 0.15) is 0 Å². The molecule has 0 radical (unpaired) electrons. The van der Waals surface area contributed by atoms with E-state index in [1.54, 1.807) is 0 Å². The Balaban J connectivity index is 1.31. The van der Waals surface area contributed by atoms with Gasteiger partial charge < -0.3 is 14.5 Å². The lowest BCUT2D eigenvalue weighted by Gasteiger charge is -2.24. The highest BCUT2D eigenvalue weighted by Crippen LogP contribution is 2.28. The molecule has 0 bridgehead atoms. The van der Waals surface area contributed by atoms with E-state index in [4.69, 9.17) is 9.15 Å². The molecule has 2 fully saturated rings. The lowest BCUT2D eigenvalue weighted by Crippen LogP contribution is -2.35. The van der Waals surface area contributed by atoms with E-state index < -0.39 is 0 Å². The molecule has 1 saturated carbocycles. The van der Waals surface area contributed by atoms with Crippen LogP contribution in [0.2, 0.25) is 0 Å². The van der Waals surface area contributed by atoms with Crippen LogP contribution in [0, 0.1) is 6.92 Å². The zero-order valence-corrected chi connectivity index (χ0v) is 17.6. The summed E-state index contributed by atoms with van der Waals surface area (Å²) in [6.45, 7) is 5.94. The summed E-state index contributed by atoms with van der Waals surface area (Å²) in [6.07, 6.45) is 2.16. The van der Waals surface area contributed by atoms with E-state index in [0.717, 1.165) is 61.4 Å². The van der Waals surface area contributed by atoms with Gasteiger partial charge in [0.25, 0.3) is 5.91 Å². The van der Waals surface area contributed by atoms with Crippen molar-refractivity contribution >= 4 is 5.91 Å². The largest absolute Gasteiger partial charge is 0.419 e. The van der Waals surface area contributed by atoms with Gasteiger partial charge in [-0.3, -0.25) is 9.69 Å². The number of carbonyl (C=O) groups excluding carboxylic acids is 1. The maximum Gasteiger partial charge on any atom is 0.251 e. The van der Waals surface area contributed by atoms with Gasteiger partial charge in [0.2, 0.25) is 11.8 Å². The van der Waals surface area contributed by atoms with Crippen LogP contribution in [0.15, 0.2) is 46.9 Å². The summed E-state index contributed by atoms with van der Waals surface area (Å²) >= 11 is 0. The normalized spacial score (nSPS) is 16.9. The van der Waals surface area contributed by atoms with E-state index in [9.17, 15) is 4.79 Å². The number of nitrogens with zero attached hydrogens (tertiary/aromatic N) is 3. The molecule has 2 aromatic carbocycles. The molecule has 7 heteroatoms. The zero-order valence-electron chi connectivity index (χ0n) is 17.6. The minimum absolute atomic E-state index is 0.000900. The predicted molar refractivity (Wildman–Crippen MR) is 116 cm³/mol. The highest BCUT2D eigenvalue weighted by molar-refractivity contribution is 5.96. The molecule has 5 rings (SSSR count). The Morgan fingerprint density at radius 1 is 1.06 bits per heavy atom. The van der Waals surface area contributed by atoms with Gasteiger partial charge in [0.05, 0.1) is 19.8 Å². The van der Waals surface area contributed by atoms with Gasteiger partial charge in [-0.05, 0) is 60.7 Å². The molecule has 31 heavy (non-hydrogen) atoms.